The molecule has 3 rings (SSSR count). The van der Waals surface area contributed by atoms with Crippen LogP contribution in [0.1, 0.15) is 19.4 Å². The zero-order valence-electron chi connectivity index (χ0n) is 12.7. The summed E-state index contributed by atoms with van der Waals surface area (Å²) in [4.78, 5) is 10.3. The van der Waals surface area contributed by atoms with Crippen molar-refractivity contribution < 1.29 is 14.4 Å². The number of methoxy groups -OCH3 is 1. The lowest BCUT2D eigenvalue weighted by atomic mass is 9.96. The minimum Gasteiger partial charge on any atom is -0.347 e. The van der Waals surface area contributed by atoms with E-state index in [1.807, 2.05) is 38.1 Å². The summed E-state index contributed by atoms with van der Waals surface area (Å²) in [5, 5.41) is 10.7. The predicted molar refractivity (Wildman–Crippen MR) is 82.4 cm³/mol. The summed E-state index contributed by atoms with van der Waals surface area (Å²) in [6.45, 7) is 3.97. The summed E-state index contributed by atoms with van der Waals surface area (Å²) in [7, 11) is 1.64. The Morgan fingerprint density at radius 1 is 1.00 bits per heavy atom. The molecule has 2 aromatic rings. The Labute approximate surface area is 128 Å². The number of nitro benzene ring substituents is 1. The zero-order chi connectivity index (χ0) is 16.0. The van der Waals surface area contributed by atoms with E-state index in [1.54, 1.807) is 19.2 Å². The minimum atomic E-state index is -0.680. The fourth-order valence-corrected chi connectivity index (χ4v) is 2.80. The highest BCUT2D eigenvalue weighted by Crippen LogP contribution is 2.55. The monoisotopic (exact) mass is 299 g/mol. The van der Waals surface area contributed by atoms with Gasteiger partial charge in [0.05, 0.1) is 4.92 Å². The number of non-ortho nitro benzene ring substituents is 1. The Balaban J connectivity index is 1.87. The molecule has 22 heavy (non-hydrogen) atoms. The van der Waals surface area contributed by atoms with Crippen molar-refractivity contribution in [1.82, 2.24) is 0 Å². The molecule has 1 aliphatic rings. The molecule has 5 heteroatoms. The van der Waals surface area contributed by atoms with Crippen LogP contribution in [0.15, 0.2) is 48.5 Å². The quantitative estimate of drug-likeness (QED) is 0.488. The van der Waals surface area contributed by atoms with Crippen LogP contribution in [0, 0.1) is 10.1 Å². The van der Waals surface area contributed by atoms with Crippen molar-refractivity contribution in [2.45, 2.75) is 25.2 Å². The van der Waals surface area contributed by atoms with Crippen LogP contribution < -0.4 is 0 Å². The third kappa shape index (κ3) is 2.19. The molecular formula is C17H17NO4. The maximum atomic E-state index is 10.7. The van der Waals surface area contributed by atoms with Gasteiger partial charge in [-0.1, -0.05) is 24.3 Å². The molecule has 2 aromatic carbocycles. The Kier molecular flexibility index (Phi) is 3.27. The average Bonchev–Trinajstić information content (AvgIpc) is 3.10. The van der Waals surface area contributed by atoms with Crippen LogP contribution in [0.3, 0.4) is 0 Å². The molecule has 1 aliphatic heterocycles. The van der Waals surface area contributed by atoms with Crippen molar-refractivity contribution in [3.05, 3.63) is 64.2 Å². The highest BCUT2D eigenvalue weighted by molar-refractivity contribution is 5.65. The van der Waals surface area contributed by atoms with Crippen LogP contribution in [0.4, 0.5) is 5.69 Å². The molecule has 0 aromatic heterocycles. The largest absolute Gasteiger partial charge is 0.347 e. The van der Waals surface area contributed by atoms with Crippen molar-refractivity contribution in [1.29, 1.82) is 0 Å². The molecule has 0 saturated carbocycles. The molecule has 0 aliphatic carbocycles. The number of benzene rings is 2. The summed E-state index contributed by atoms with van der Waals surface area (Å²) < 4.78 is 11.3. The van der Waals surface area contributed by atoms with E-state index in [9.17, 15) is 10.1 Å². The van der Waals surface area contributed by atoms with Crippen molar-refractivity contribution in [2.24, 2.45) is 0 Å². The maximum Gasteiger partial charge on any atom is 0.269 e. The molecule has 1 saturated heterocycles. The van der Waals surface area contributed by atoms with Crippen molar-refractivity contribution in [3.8, 4) is 11.1 Å². The number of hydrogen-bond donors (Lipinski definition) is 0. The standard InChI is InChI=1S/C17H17NO4/c1-16(2)17(21-3,22-16)14-8-4-12(5-9-14)13-6-10-15(11-7-13)18(19)20/h4-11H,1-3H3. The van der Waals surface area contributed by atoms with E-state index < -0.39 is 10.7 Å². The van der Waals surface area contributed by atoms with Crippen LogP contribution in [-0.4, -0.2) is 17.6 Å². The SMILES string of the molecule is COC1(c2ccc(-c3ccc([N+](=O)[O-])cc3)cc2)OC1(C)C. The summed E-state index contributed by atoms with van der Waals surface area (Å²) in [6.07, 6.45) is 0. The lowest BCUT2D eigenvalue weighted by Gasteiger charge is -2.14. The van der Waals surface area contributed by atoms with E-state index in [4.69, 9.17) is 9.47 Å². The summed E-state index contributed by atoms with van der Waals surface area (Å²) >= 11 is 0. The van der Waals surface area contributed by atoms with Gasteiger partial charge >= 0.3 is 0 Å². The zero-order valence-corrected chi connectivity index (χ0v) is 12.7. The molecule has 0 bridgehead atoms. The molecule has 0 spiro atoms. The second kappa shape index (κ2) is 4.90. The van der Waals surface area contributed by atoms with Gasteiger partial charge in [-0.15, -0.1) is 0 Å². The molecule has 1 atom stereocenters. The predicted octanol–water partition coefficient (Wildman–Crippen LogP) is 3.87. The molecule has 5 nitrogen and oxygen atoms in total. The number of rotatable bonds is 4. The second-order valence-corrected chi connectivity index (χ2v) is 5.81. The van der Waals surface area contributed by atoms with Gasteiger partial charge in [0.15, 0.2) is 0 Å². The van der Waals surface area contributed by atoms with E-state index >= 15 is 0 Å². The van der Waals surface area contributed by atoms with E-state index in [2.05, 4.69) is 0 Å². The molecule has 1 fully saturated rings. The first kappa shape index (κ1) is 14.7. The average molecular weight is 299 g/mol. The van der Waals surface area contributed by atoms with Gasteiger partial charge in [-0.25, -0.2) is 0 Å². The van der Waals surface area contributed by atoms with Crippen molar-refractivity contribution in [2.75, 3.05) is 7.11 Å². The van der Waals surface area contributed by atoms with Gasteiger partial charge in [0.2, 0.25) is 5.79 Å². The molecule has 0 amide bonds. The van der Waals surface area contributed by atoms with E-state index in [0.717, 1.165) is 16.7 Å². The number of nitrogens with zero attached hydrogens (tertiary/aromatic N) is 1. The van der Waals surface area contributed by atoms with E-state index in [0.29, 0.717) is 0 Å². The first-order valence-corrected chi connectivity index (χ1v) is 7.00. The summed E-state index contributed by atoms with van der Waals surface area (Å²) in [5.74, 6) is -0.680. The van der Waals surface area contributed by atoms with E-state index in [1.165, 1.54) is 12.1 Å². The number of epoxide rings is 1. The molecule has 1 unspecified atom stereocenters. The van der Waals surface area contributed by atoms with Crippen LogP contribution in [0.25, 0.3) is 11.1 Å². The molecule has 0 N–H and O–H groups in total. The van der Waals surface area contributed by atoms with Gasteiger partial charge in [-0.05, 0) is 37.1 Å². The minimum absolute atomic E-state index is 0.0897. The fourth-order valence-electron chi connectivity index (χ4n) is 2.80. The van der Waals surface area contributed by atoms with Gasteiger partial charge in [-0.2, -0.15) is 0 Å². The van der Waals surface area contributed by atoms with Crippen molar-refractivity contribution in [3.63, 3.8) is 0 Å². The van der Waals surface area contributed by atoms with Gasteiger partial charge in [-0.3, -0.25) is 10.1 Å². The van der Waals surface area contributed by atoms with Gasteiger partial charge < -0.3 is 9.47 Å². The van der Waals surface area contributed by atoms with Gasteiger partial charge in [0, 0.05) is 24.8 Å². The third-order valence-corrected chi connectivity index (χ3v) is 4.11. The Morgan fingerprint density at radius 2 is 1.45 bits per heavy atom. The number of hydrogen-bond acceptors (Lipinski definition) is 4. The topological polar surface area (TPSA) is 64.9 Å². The second-order valence-electron chi connectivity index (χ2n) is 5.81. The molecule has 0 radical (unpaired) electrons. The highest BCUT2D eigenvalue weighted by Gasteiger charge is 2.66. The van der Waals surface area contributed by atoms with Crippen LogP contribution >= 0.6 is 0 Å². The number of ether oxygens (including phenoxy) is 2. The molecular weight excluding hydrogens is 282 g/mol. The summed E-state index contributed by atoms with van der Waals surface area (Å²) in [6, 6.07) is 14.4. The third-order valence-electron chi connectivity index (χ3n) is 4.11. The summed E-state index contributed by atoms with van der Waals surface area (Å²) in [5.41, 5.74) is 2.64. The van der Waals surface area contributed by atoms with E-state index in [-0.39, 0.29) is 11.3 Å². The fraction of sp³-hybridized carbons (Fsp3) is 0.294. The lowest BCUT2D eigenvalue weighted by Crippen LogP contribution is -2.20. The van der Waals surface area contributed by atoms with Crippen molar-refractivity contribution >= 4 is 5.69 Å². The normalized spacial score (nSPS) is 22.3. The molecule has 114 valence electrons. The van der Waals surface area contributed by atoms with Gasteiger partial charge in [0.25, 0.3) is 5.69 Å². The Hall–Kier alpha value is -2.24. The maximum absolute atomic E-state index is 10.7. The smallest absolute Gasteiger partial charge is 0.269 e. The van der Waals surface area contributed by atoms with Gasteiger partial charge in [0.1, 0.15) is 5.60 Å². The van der Waals surface area contributed by atoms with Crippen LogP contribution in [0.5, 0.6) is 0 Å². The first-order chi connectivity index (χ1) is 10.4. The lowest BCUT2D eigenvalue weighted by molar-refractivity contribution is -0.384. The number of nitro groups is 1. The van der Waals surface area contributed by atoms with Crippen LogP contribution in [-0.2, 0) is 15.3 Å². The Bertz CT molecular complexity index is 706. The molecule has 1 heterocycles. The first-order valence-electron chi connectivity index (χ1n) is 7.00. The highest BCUT2D eigenvalue weighted by atomic mass is 16.8. The van der Waals surface area contributed by atoms with Crippen LogP contribution in [0.2, 0.25) is 0 Å². The Morgan fingerprint density at radius 3 is 1.82 bits per heavy atom.